The van der Waals surface area contributed by atoms with Crippen LogP contribution < -0.4 is 9.02 Å². The third kappa shape index (κ3) is 5.63. The summed E-state index contributed by atoms with van der Waals surface area (Å²) in [4.78, 5) is 10.6. The first-order valence-corrected chi connectivity index (χ1v) is 13.8. The molecule has 2 aromatic rings. The highest BCUT2D eigenvalue weighted by Gasteiger charge is 2.34. The predicted molar refractivity (Wildman–Crippen MR) is 110 cm³/mol. The van der Waals surface area contributed by atoms with E-state index in [-0.39, 0.29) is 10.3 Å². The molecule has 0 aliphatic rings. The molecule has 29 heavy (non-hydrogen) atoms. The van der Waals surface area contributed by atoms with Gasteiger partial charge in [0.2, 0.25) is 27.4 Å². The first-order chi connectivity index (χ1) is 13.2. The Morgan fingerprint density at radius 1 is 1.03 bits per heavy atom. The molecule has 1 atom stereocenters. The number of hydrogen-bond acceptors (Lipinski definition) is 8. The fraction of sp³-hybridized carbons (Fsp3) is 0.250. The molecule has 13 heteroatoms. The van der Waals surface area contributed by atoms with E-state index in [0.717, 1.165) is 24.9 Å². The molecule has 2 rings (SSSR count). The first kappa shape index (κ1) is 23.0. The molecule has 0 spiro atoms. The fourth-order valence-corrected chi connectivity index (χ4v) is 7.01. The zero-order chi connectivity index (χ0) is 22.0. The van der Waals surface area contributed by atoms with E-state index in [9.17, 15) is 31.5 Å². The molecule has 0 saturated carbocycles. The summed E-state index contributed by atoms with van der Waals surface area (Å²) in [6.45, 7) is 1.03. The molecule has 0 N–H and O–H groups in total. The summed E-state index contributed by atoms with van der Waals surface area (Å²) in [6, 6.07) is 11.4. The number of nitro benzene ring substituents is 1. The lowest BCUT2D eigenvalue weighted by molar-refractivity contribution is -0.383. The molecule has 0 radical (unpaired) electrons. The first-order valence-electron chi connectivity index (χ1n) is 7.99. The van der Waals surface area contributed by atoms with Crippen molar-refractivity contribution in [1.29, 1.82) is 0 Å². The monoisotopic (exact) mass is 462 g/mol. The van der Waals surface area contributed by atoms with E-state index in [2.05, 4.69) is 0 Å². The lowest BCUT2D eigenvalue weighted by atomic mass is 10.2. The van der Waals surface area contributed by atoms with Crippen molar-refractivity contribution in [2.75, 3.05) is 22.9 Å². The van der Waals surface area contributed by atoms with Gasteiger partial charge in [0.1, 0.15) is 5.30 Å². The Bertz CT molecular complexity index is 1150. The smallest absolute Gasteiger partial charge is 0.282 e. The Balaban J connectivity index is 2.58. The van der Waals surface area contributed by atoms with Crippen molar-refractivity contribution in [3.05, 3.63) is 64.2 Å². The van der Waals surface area contributed by atoms with Gasteiger partial charge >= 0.3 is 0 Å². The second-order valence-electron chi connectivity index (χ2n) is 6.26. The van der Waals surface area contributed by atoms with Crippen LogP contribution in [0, 0.1) is 10.1 Å². The SMILES string of the molecule is CP(=O)(OCc1ccccc1)c1cc(N(S(C)(=O)=O)S(C)(=O)=O)ccc1[N+](=O)[O-]. The molecular formula is C16H19N2O8PS2. The van der Waals surface area contributed by atoms with Crippen LogP contribution in [0.15, 0.2) is 48.5 Å². The van der Waals surface area contributed by atoms with Crippen molar-refractivity contribution in [1.82, 2.24) is 0 Å². The zero-order valence-corrected chi connectivity index (χ0v) is 18.3. The summed E-state index contributed by atoms with van der Waals surface area (Å²) in [6.07, 6.45) is 1.35. The lowest BCUT2D eigenvalue weighted by Gasteiger charge is -2.21. The van der Waals surface area contributed by atoms with Crippen LogP contribution in [0.2, 0.25) is 0 Å². The maximum Gasteiger partial charge on any atom is 0.282 e. The number of nitro groups is 1. The maximum absolute atomic E-state index is 13.1. The highest BCUT2D eigenvalue weighted by molar-refractivity contribution is 8.09. The average molecular weight is 462 g/mol. The molecule has 0 heterocycles. The summed E-state index contributed by atoms with van der Waals surface area (Å²) in [7, 11) is -12.4. The Morgan fingerprint density at radius 3 is 2.07 bits per heavy atom. The molecule has 0 fully saturated rings. The minimum atomic E-state index is -4.28. The summed E-state index contributed by atoms with van der Waals surface area (Å²) in [5, 5.41) is 11.0. The van der Waals surface area contributed by atoms with Crippen LogP contribution in [-0.4, -0.2) is 40.9 Å². The fourth-order valence-electron chi connectivity index (χ4n) is 2.58. The molecular weight excluding hydrogens is 443 g/mol. The third-order valence-electron chi connectivity index (χ3n) is 3.73. The number of hydrogen-bond donors (Lipinski definition) is 0. The number of nitrogens with zero attached hydrogens (tertiary/aromatic N) is 2. The molecule has 0 bridgehead atoms. The van der Waals surface area contributed by atoms with E-state index >= 15 is 0 Å². The van der Waals surface area contributed by atoms with Crippen molar-refractivity contribution in [3.63, 3.8) is 0 Å². The molecule has 10 nitrogen and oxygen atoms in total. The van der Waals surface area contributed by atoms with Crippen molar-refractivity contribution < 1.29 is 30.8 Å². The van der Waals surface area contributed by atoms with E-state index in [1.807, 2.05) is 0 Å². The van der Waals surface area contributed by atoms with E-state index < -0.39 is 49.0 Å². The largest absolute Gasteiger partial charge is 0.320 e. The molecule has 158 valence electrons. The van der Waals surface area contributed by atoms with Crippen molar-refractivity contribution >= 4 is 44.1 Å². The number of rotatable bonds is 8. The van der Waals surface area contributed by atoms with Gasteiger partial charge < -0.3 is 4.52 Å². The number of benzene rings is 2. The van der Waals surface area contributed by atoms with Crippen LogP contribution in [0.25, 0.3) is 0 Å². The highest BCUT2D eigenvalue weighted by Crippen LogP contribution is 2.46. The summed E-state index contributed by atoms with van der Waals surface area (Å²) < 4.78 is 66.6. The van der Waals surface area contributed by atoms with Crippen LogP contribution in [0.3, 0.4) is 0 Å². The van der Waals surface area contributed by atoms with E-state index in [1.54, 1.807) is 30.3 Å². The third-order valence-corrected chi connectivity index (χ3v) is 8.83. The number of sulfonamides is 2. The molecule has 0 aromatic heterocycles. The minimum Gasteiger partial charge on any atom is -0.320 e. The van der Waals surface area contributed by atoms with Gasteiger partial charge in [-0.15, -0.1) is 0 Å². The lowest BCUT2D eigenvalue weighted by Crippen LogP contribution is -2.35. The van der Waals surface area contributed by atoms with Gasteiger partial charge in [-0.1, -0.05) is 30.3 Å². The van der Waals surface area contributed by atoms with Gasteiger partial charge in [-0.3, -0.25) is 14.7 Å². The minimum absolute atomic E-state index is 0.113. The van der Waals surface area contributed by atoms with Gasteiger partial charge in [0.05, 0.1) is 29.7 Å². The molecule has 0 aliphatic carbocycles. The van der Waals surface area contributed by atoms with Crippen molar-refractivity contribution in [2.24, 2.45) is 0 Å². The molecule has 2 aromatic carbocycles. The van der Waals surface area contributed by atoms with Crippen molar-refractivity contribution in [3.8, 4) is 0 Å². The second-order valence-corrected chi connectivity index (χ2v) is 12.6. The Labute approximate surface area is 168 Å². The van der Waals surface area contributed by atoms with Gasteiger partial charge in [-0.25, -0.2) is 16.8 Å². The van der Waals surface area contributed by atoms with Gasteiger partial charge in [0, 0.05) is 12.7 Å². The summed E-state index contributed by atoms with van der Waals surface area (Å²) in [5.41, 5.74) is -0.308. The summed E-state index contributed by atoms with van der Waals surface area (Å²) in [5.74, 6) is 0. The van der Waals surface area contributed by atoms with Crippen LogP contribution in [0.5, 0.6) is 0 Å². The van der Waals surface area contributed by atoms with E-state index in [4.69, 9.17) is 4.52 Å². The Kier molecular flexibility index (Phi) is 6.53. The van der Waals surface area contributed by atoms with Crippen LogP contribution >= 0.6 is 7.37 Å². The zero-order valence-electron chi connectivity index (χ0n) is 15.8. The Morgan fingerprint density at radius 2 is 1.59 bits per heavy atom. The Hall–Kier alpha value is -2.27. The van der Waals surface area contributed by atoms with Gasteiger partial charge in [0.25, 0.3) is 5.69 Å². The second kappa shape index (κ2) is 8.23. The summed E-state index contributed by atoms with van der Waals surface area (Å²) >= 11 is 0. The van der Waals surface area contributed by atoms with Gasteiger partial charge in [-0.2, -0.15) is 3.71 Å². The standard InChI is InChI=1S/C16H19N2O8PS2/c1-27(21,26-12-13-7-5-4-6-8-13)16-11-14(9-10-15(16)17(19)20)18(28(2,22)23)29(3,24)25/h4-11H,12H2,1-3H3. The molecule has 0 amide bonds. The van der Waals surface area contributed by atoms with Gasteiger partial charge in [0.15, 0.2) is 0 Å². The van der Waals surface area contributed by atoms with E-state index in [1.165, 1.54) is 0 Å². The number of anilines is 1. The normalized spacial score (nSPS) is 14.2. The van der Waals surface area contributed by atoms with Crippen molar-refractivity contribution in [2.45, 2.75) is 6.61 Å². The van der Waals surface area contributed by atoms with Crippen LogP contribution in [0.1, 0.15) is 5.56 Å². The van der Waals surface area contributed by atoms with Crippen LogP contribution in [-0.2, 0) is 35.7 Å². The predicted octanol–water partition coefficient (Wildman–Crippen LogP) is 2.07. The maximum atomic E-state index is 13.1. The topological polar surface area (TPSA) is 141 Å². The average Bonchev–Trinajstić information content (AvgIpc) is 2.58. The quantitative estimate of drug-likeness (QED) is 0.330. The molecule has 0 saturated heterocycles. The van der Waals surface area contributed by atoms with E-state index in [0.29, 0.717) is 18.1 Å². The molecule has 0 aliphatic heterocycles. The van der Waals surface area contributed by atoms with Gasteiger partial charge in [-0.05, 0) is 17.7 Å². The van der Waals surface area contributed by atoms with Crippen LogP contribution in [0.4, 0.5) is 11.4 Å². The highest BCUT2D eigenvalue weighted by atomic mass is 32.3. The molecule has 1 unspecified atom stereocenters.